The summed E-state index contributed by atoms with van der Waals surface area (Å²) in [5, 5.41) is -0.149. The van der Waals surface area contributed by atoms with E-state index in [9.17, 15) is 18.0 Å². The van der Waals surface area contributed by atoms with E-state index < -0.39 is 6.36 Å². The Kier molecular flexibility index (Phi) is 7.01. The highest BCUT2D eigenvalue weighted by Crippen LogP contribution is 2.39. The molecule has 25 heavy (non-hydrogen) atoms. The van der Waals surface area contributed by atoms with E-state index in [2.05, 4.69) is 23.5 Å². The number of ether oxygens (including phenoxy) is 1. The Morgan fingerprint density at radius 2 is 1.88 bits per heavy atom. The third-order valence-corrected chi connectivity index (χ3v) is 5.39. The average molecular weight is 376 g/mol. The highest BCUT2D eigenvalue weighted by Gasteiger charge is 2.33. The van der Waals surface area contributed by atoms with Crippen LogP contribution in [0.3, 0.4) is 0 Å². The molecule has 0 aromatic heterocycles. The normalized spacial score (nSPS) is 18.2. The number of thioether (sulfide) groups is 1. The van der Waals surface area contributed by atoms with Crippen LogP contribution < -0.4 is 4.74 Å². The van der Waals surface area contributed by atoms with Crippen molar-refractivity contribution >= 4 is 17.7 Å². The first-order chi connectivity index (χ1) is 11.8. The van der Waals surface area contributed by atoms with Crippen molar-refractivity contribution in [2.75, 3.05) is 31.9 Å². The Hall–Kier alpha value is -1.41. The van der Waals surface area contributed by atoms with Gasteiger partial charge in [-0.2, -0.15) is 0 Å². The Morgan fingerprint density at radius 3 is 2.44 bits per heavy atom. The van der Waals surface area contributed by atoms with Crippen LogP contribution in [0.1, 0.15) is 31.2 Å². The number of amides is 1. The van der Waals surface area contributed by atoms with Crippen LogP contribution in [0.15, 0.2) is 24.3 Å². The van der Waals surface area contributed by atoms with E-state index in [-0.39, 0.29) is 17.0 Å². The number of halogens is 3. The fraction of sp³-hybridized carbons (Fsp3) is 0.588. The molecule has 1 aromatic carbocycles. The Bertz CT molecular complexity index is 562. The lowest BCUT2D eigenvalue weighted by atomic mass is 10.2. The fourth-order valence-electron chi connectivity index (χ4n) is 2.81. The summed E-state index contributed by atoms with van der Waals surface area (Å²) in [6, 6.07) is 5.77. The van der Waals surface area contributed by atoms with Gasteiger partial charge in [0.05, 0.1) is 5.75 Å². The molecule has 8 heteroatoms. The second-order valence-electron chi connectivity index (χ2n) is 5.75. The maximum Gasteiger partial charge on any atom is 0.573 e. The van der Waals surface area contributed by atoms with Crippen LogP contribution >= 0.6 is 11.8 Å². The molecule has 1 aromatic rings. The molecule has 0 N–H and O–H groups in total. The quantitative estimate of drug-likeness (QED) is 0.689. The standard InChI is InChI=1S/C17H23F3N2O2S/c1-3-21(4-2)10-5-11-22-15(23)12-25-16(22)13-6-8-14(9-7-13)24-17(18,19)20/h6-9,16H,3-5,10-12H2,1-2H3. The van der Waals surface area contributed by atoms with Gasteiger partial charge in [-0.25, -0.2) is 0 Å². The zero-order valence-corrected chi connectivity index (χ0v) is 15.2. The molecule has 0 saturated carbocycles. The number of nitrogens with zero attached hydrogens (tertiary/aromatic N) is 2. The first-order valence-corrected chi connectivity index (χ1v) is 9.38. The maximum atomic E-state index is 12.2. The Labute approximate surface area is 150 Å². The summed E-state index contributed by atoms with van der Waals surface area (Å²) in [4.78, 5) is 16.3. The highest BCUT2D eigenvalue weighted by atomic mass is 32.2. The molecule has 0 bridgehead atoms. The largest absolute Gasteiger partial charge is 0.573 e. The maximum absolute atomic E-state index is 12.2. The van der Waals surface area contributed by atoms with Crippen LogP contribution in [-0.4, -0.2) is 54.0 Å². The van der Waals surface area contributed by atoms with Crippen molar-refractivity contribution in [3.8, 4) is 5.75 Å². The van der Waals surface area contributed by atoms with Crippen LogP contribution in [0.5, 0.6) is 5.75 Å². The lowest BCUT2D eigenvalue weighted by Crippen LogP contribution is -2.32. The molecule has 140 valence electrons. The average Bonchev–Trinajstić information content (AvgIpc) is 2.92. The summed E-state index contributed by atoms with van der Waals surface area (Å²) < 4.78 is 40.6. The molecule has 1 fully saturated rings. The van der Waals surface area contributed by atoms with Gasteiger partial charge in [0.1, 0.15) is 11.1 Å². The van der Waals surface area contributed by atoms with E-state index in [0.717, 1.165) is 31.6 Å². The molecule has 1 atom stereocenters. The third kappa shape index (κ3) is 5.81. The minimum Gasteiger partial charge on any atom is -0.406 e. The van der Waals surface area contributed by atoms with Gasteiger partial charge in [0.2, 0.25) is 5.91 Å². The molecular weight excluding hydrogens is 353 g/mol. The zero-order valence-electron chi connectivity index (χ0n) is 14.4. The summed E-state index contributed by atoms with van der Waals surface area (Å²) in [5.41, 5.74) is 0.813. The second-order valence-corrected chi connectivity index (χ2v) is 6.82. The number of carbonyl (C=O) groups excluding carboxylic acids is 1. The summed E-state index contributed by atoms with van der Waals surface area (Å²) in [5.74, 6) is 0.223. The van der Waals surface area contributed by atoms with E-state index in [0.29, 0.717) is 12.3 Å². The van der Waals surface area contributed by atoms with Crippen molar-refractivity contribution < 1.29 is 22.7 Å². The van der Waals surface area contributed by atoms with Gasteiger partial charge in [-0.05, 0) is 43.8 Å². The monoisotopic (exact) mass is 376 g/mol. The van der Waals surface area contributed by atoms with E-state index in [1.807, 2.05) is 4.90 Å². The van der Waals surface area contributed by atoms with Crippen LogP contribution in [0.25, 0.3) is 0 Å². The molecular formula is C17H23F3N2O2S. The van der Waals surface area contributed by atoms with E-state index in [4.69, 9.17) is 0 Å². The van der Waals surface area contributed by atoms with Crippen molar-refractivity contribution in [2.24, 2.45) is 0 Å². The number of benzene rings is 1. The van der Waals surface area contributed by atoms with E-state index in [1.165, 1.54) is 23.9 Å². The Morgan fingerprint density at radius 1 is 1.24 bits per heavy atom. The molecule has 1 heterocycles. The lowest BCUT2D eigenvalue weighted by molar-refractivity contribution is -0.274. The van der Waals surface area contributed by atoms with Gasteiger partial charge in [-0.1, -0.05) is 26.0 Å². The number of carbonyl (C=O) groups is 1. The predicted octanol–water partition coefficient (Wildman–Crippen LogP) is 3.89. The lowest BCUT2D eigenvalue weighted by Gasteiger charge is -2.26. The molecule has 0 spiro atoms. The molecule has 1 unspecified atom stereocenters. The van der Waals surface area contributed by atoms with Gasteiger partial charge < -0.3 is 14.5 Å². The minimum absolute atomic E-state index is 0.0742. The molecule has 1 amide bonds. The SMILES string of the molecule is CCN(CC)CCCN1C(=O)CSC1c1ccc(OC(F)(F)F)cc1. The van der Waals surface area contributed by atoms with E-state index >= 15 is 0 Å². The number of rotatable bonds is 8. The van der Waals surface area contributed by atoms with Gasteiger partial charge in [-0.3, -0.25) is 4.79 Å². The van der Waals surface area contributed by atoms with Crippen molar-refractivity contribution in [2.45, 2.75) is 32.0 Å². The van der Waals surface area contributed by atoms with Crippen LogP contribution in [0.4, 0.5) is 13.2 Å². The van der Waals surface area contributed by atoms with Crippen molar-refractivity contribution in [1.82, 2.24) is 9.80 Å². The molecule has 2 rings (SSSR count). The van der Waals surface area contributed by atoms with Crippen LogP contribution in [0.2, 0.25) is 0 Å². The molecule has 4 nitrogen and oxygen atoms in total. The Balaban J connectivity index is 1.98. The highest BCUT2D eigenvalue weighted by molar-refractivity contribution is 8.00. The van der Waals surface area contributed by atoms with Gasteiger partial charge in [-0.15, -0.1) is 24.9 Å². The number of hydrogen-bond acceptors (Lipinski definition) is 4. The molecule has 1 aliphatic heterocycles. The van der Waals surface area contributed by atoms with Crippen molar-refractivity contribution in [3.05, 3.63) is 29.8 Å². The predicted molar refractivity (Wildman–Crippen MR) is 92.4 cm³/mol. The number of alkyl halides is 3. The molecule has 0 aliphatic carbocycles. The van der Waals surface area contributed by atoms with Gasteiger partial charge in [0.25, 0.3) is 0 Å². The number of hydrogen-bond donors (Lipinski definition) is 0. The first-order valence-electron chi connectivity index (χ1n) is 8.33. The topological polar surface area (TPSA) is 32.8 Å². The summed E-state index contributed by atoms with van der Waals surface area (Å²) in [6.45, 7) is 7.73. The molecule has 0 radical (unpaired) electrons. The first kappa shape index (κ1) is 19.9. The summed E-state index contributed by atoms with van der Waals surface area (Å²) in [6.07, 6.45) is -3.82. The van der Waals surface area contributed by atoms with Crippen LogP contribution in [-0.2, 0) is 4.79 Å². The fourth-order valence-corrected chi connectivity index (χ4v) is 4.03. The smallest absolute Gasteiger partial charge is 0.406 e. The minimum atomic E-state index is -4.70. The third-order valence-electron chi connectivity index (χ3n) is 4.13. The molecule has 1 aliphatic rings. The second kappa shape index (κ2) is 8.80. The van der Waals surface area contributed by atoms with Crippen LogP contribution in [0, 0.1) is 0 Å². The van der Waals surface area contributed by atoms with Gasteiger partial charge in [0, 0.05) is 6.54 Å². The van der Waals surface area contributed by atoms with Crippen molar-refractivity contribution in [3.63, 3.8) is 0 Å². The van der Waals surface area contributed by atoms with E-state index in [1.54, 1.807) is 12.1 Å². The molecule has 1 saturated heterocycles. The summed E-state index contributed by atoms with van der Waals surface area (Å²) in [7, 11) is 0. The zero-order chi connectivity index (χ0) is 18.4. The van der Waals surface area contributed by atoms with Gasteiger partial charge in [0.15, 0.2) is 0 Å². The summed E-state index contributed by atoms with van der Waals surface area (Å²) >= 11 is 1.50. The van der Waals surface area contributed by atoms with Gasteiger partial charge >= 0.3 is 6.36 Å². The van der Waals surface area contributed by atoms with Crippen molar-refractivity contribution in [1.29, 1.82) is 0 Å².